The van der Waals surface area contributed by atoms with Crippen LogP contribution in [0.1, 0.15) is 5.89 Å². The molecule has 0 bridgehead atoms. The molecule has 22 heavy (non-hydrogen) atoms. The molecule has 0 N–H and O–H groups in total. The lowest BCUT2D eigenvalue weighted by Gasteiger charge is -2.03. The Balaban J connectivity index is 1.69. The van der Waals surface area contributed by atoms with E-state index in [1.807, 2.05) is 0 Å². The van der Waals surface area contributed by atoms with Gasteiger partial charge in [0.1, 0.15) is 11.6 Å². The standard InChI is InChI=1S/C16H10F3NO2/c17-11-3-1-10(2-4-11)15-8-20-16(22-15)9-21-12-5-6-13(18)14(19)7-12/h1-8H,9H2. The zero-order chi connectivity index (χ0) is 15.5. The average Bonchev–Trinajstić information content (AvgIpc) is 2.98. The van der Waals surface area contributed by atoms with Crippen LogP contribution in [-0.4, -0.2) is 4.98 Å². The van der Waals surface area contributed by atoms with E-state index in [-0.39, 0.29) is 24.1 Å². The summed E-state index contributed by atoms with van der Waals surface area (Å²) in [6.07, 6.45) is 1.48. The highest BCUT2D eigenvalue weighted by molar-refractivity contribution is 5.55. The number of aromatic nitrogens is 1. The van der Waals surface area contributed by atoms with E-state index in [2.05, 4.69) is 4.98 Å². The van der Waals surface area contributed by atoms with Crippen molar-refractivity contribution in [3.05, 3.63) is 72.0 Å². The van der Waals surface area contributed by atoms with Gasteiger partial charge in [-0.05, 0) is 36.4 Å². The highest BCUT2D eigenvalue weighted by Crippen LogP contribution is 2.22. The van der Waals surface area contributed by atoms with Crippen LogP contribution in [0, 0.1) is 17.5 Å². The van der Waals surface area contributed by atoms with Gasteiger partial charge in [-0.15, -0.1) is 0 Å². The molecule has 0 aliphatic heterocycles. The van der Waals surface area contributed by atoms with Gasteiger partial charge in [0.15, 0.2) is 24.0 Å². The molecule has 0 spiro atoms. The molecule has 0 saturated heterocycles. The Morgan fingerprint density at radius 3 is 2.45 bits per heavy atom. The molecule has 3 rings (SSSR count). The largest absolute Gasteiger partial charge is 0.484 e. The maximum Gasteiger partial charge on any atom is 0.232 e. The van der Waals surface area contributed by atoms with Gasteiger partial charge in [-0.1, -0.05) is 0 Å². The van der Waals surface area contributed by atoms with Gasteiger partial charge in [0.2, 0.25) is 5.89 Å². The molecule has 3 aromatic rings. The first-order chi connectivity index (χ1) is 10.6. The molecule has 112 valence electrons. The minimum absolute atomic E-state index is 0.0354. The van der Waals surface area contributed by atoms with Crippen LogP contribution in [0.25, 0.3) is 11.3 Å². The van der Waals surface area contributed by atoms with Gasteiger partial charge in [0, 0.05) is 11.6 Å². The zero-order valence-electron chi connectivity index (χ0n) is 11.2. The predicted molar refractivity (Wildman–Crippen MR) is 72.6 cm³/mol. The second-order valence-electron chi connectivity index (χ2n) is 4.49. The fourth-order valence-electron chi connectivity index (χ4n) is 1.84. The third-order valence-electron chi connectivity index (χ3n) is 2.94. The van der Waals surface area contributed by atoms with Gasteiger partial charge in [0.05, 0.1) is 6.20 Å². The molecule has 1 aromatic heterocycles. The van der Waals surface area contributed by atoms with Crippen molar-refractivity contribution in [2.45, 2.75) is 6.61 Å². The number of oxazole rings is 1. The molecule has 0 aliphatic carbocycles. The topological polar surface area (TPSA) is 35.3 Å². The van der Waals surface area contributed by atoms with Crippen molar-refractivity contribution < 1.29 is 22.3 Å². The molecule has 2 aromatic carbocycles. The molecule has 3 nitrogen and oxygen atoms in total. The van der Waals surface area contributed by atoms with E-state index in [1.54, 1.807) is 12.1 Å². The van der Waals surface area contributed by atoms with E-state index in [4.69, 9.17) is 9.15 Å². The summed E-state index contributed by atoms with van der Waals surface area (Å²) in [7, 11) is 0. The third-order valence-corrected chi connectivity index (χ3v) is 2.94. The van der Waals surface area contributed by atoms with Crippen LogP contribution in [0.15, 0.2) is 53.1 Å². The molecule has 0 amide bonds. The zero-order valence-corrected chi connectivity index (χ0v) is 11.2. The summed E-state index contributed by atoms with van der Waals surface area (Å²) >= 11 is 0. The van der Waals surface area contributed by atoms with Gasteiger partial charge in [0.25, 0.3) is 0 Å². The van der Waals surface area contributed by atoms with E-state index in [0.717, 1.165) is 12.1 Å². The first-order valence-corrected chi connectivity index (χ1v) is 6.40. The fourth-order valence-corrected chi connectivity index (χ4v) is 1.84. The van der Waals surface area contributed by atoms with Crippen LogP contribution in [0.2, 0.25) is 0 Å². The van der Waals surface area contributed by atoms with Crippen LogP contribution in [0.5, 0.6) is 5.75 Å². The Morgan fingerprint density at radius 2 is 1.73 bits per heavy atom. The van der Waals surface area contributed by atoms with E-state index in [9.17, 15) is 13.2 Å². The first-order valence-electron chi connectivity index (χ1n) is 6.40. The normalized spacial score (nSPS) is 10.7. The number of halogens is 3. The van der Waals surface area contributed by atoms with Gasteiger partial charge in [-0.25, -0.2) is 18.2 Å². The molecule has 0 aliphatic rings. The van der Waals surface area contributed by atoms with Crippen molar-refractivity contribution >= 4 is 0 Å². The second-order valence-corrected chi connectivity index (χ2v) is 4.49. The van der Waals surface area contributed by atoms with Crippen molar-refractivity contribution in [1.82, 2.24) is 4.98 Å². The van der Waals surface area contributed by atoms with E-state index >= 15 is 0 Å². The number of hydrogen-bond donors (Lipinski definition) is 0. The number of nitrogens with zero attached hydrogens (tertiary/aromatic N) is 1. The molecule has 0 unspecified atom stereocenters. The van der Waals surface area contributed by atoms with E-state index < -0.39 is 11.6 Å². The predicted octanol–water partition coefficient (Wildman–Crippen LogP) is 4.34. The van der Waals surface area contributed by atoms with Gasteiger partial charge in [-0.2, -0.15) is 0 Å². The van der Waals surface area contributed by atoms with Gasteiger partial charge >= 0.3 is 0 Å². The Bertz CT molecular complexity index is 784. The molecule has 1 heterocycles. The number of rotatable bonds is 4. The molecular weight excluding hydrogens is 295 g/mol. The molecule has 0 atom stereocenters. The molecule has 0 fully saturated rings. The summed E-state index contributed by atoms with van der Waals surface area (Å²) in [5.74, 6) is -1.38. The Kier molecular flexibility index (Phi) is 3.82. The van der Waals surface area contributed by atoms with Crippen molar-refractivity contribution in [3.63, 3.8) is 0 Å². The van der Waals surface area contributed by atoms with E-state index in [1.165, 1.54) is 24.4 Å². The summed E-state index contributed by atoms with van der Waals surface area (Å²) in [5, 5.41) is 0. The third kappa shape index (κ3) is 3.11. The maximum absolute atomic E-state index is 13.0. The molecule has 0 saturated carbocycles. The summed E-state index contributed by atoms with van der Waals surface area (Å²) < 4.78 is 49.4. The highest BCUT2D eigenvalue weighted by Gasteiger charge is 2.08. The number of benzene rings is 2. The number of hydrogen-bond acceptors (Lipinski definition) is 3. The summed E-state index contributed by atoms with van der Waals surface area (Å²) in [6, 6.07) is 8.99. The lowest BCUT2D eigenvalue weighted by Crippen LogP contribution is -1.96. The average molecular weight is 305 g/mol. The van der Waals surface area contributed by atoms with Crippen molar-refractivity contribution in [3.8, 4) is 17.1 Å². The summed E-state index contributed by atoms with van der Waals surface area (Å²) in [6.45, 7) is -0.0354. The smallest absolute Gasteiger partial charge is 0.232 e. The Labute approximate surface area is 124 Å². The van der Waals surface area contributed by atoms with E-state index in [0.29, 0.717) is 11.3 Å². The highest BCUT2D eigenvalue weighted by atomic mass is 19.2. The summed E-state index contributed by atoms with van der Waals surface area (Å²) in [5.41, 5.74) is 0.674. The first kappa shape index (κ1) is 14.2. The second kappa shape index (κ2) is 5.93. The molecular formula is C16H10F3NO2. The lowest BCUT2D eigenvalue weighted by molar-refractivity contribution is 0.263. The Hall–Kier alpha value is -2.76. The van der Waals surface area contributed by atoms with Crippen LogP contribution >= 0.6 is 0 Å². The van der Waals surface area contributed by atoms with Crippen LogP contribution < -0.4 is 4.74 Å². The maximum atomic E-state index is 13.0. The monoisotopic (exact) mass is 305 g/mol. The van der Waals surface area contributed by atoms with Crippen LogP contribution in [-0.2, 0) is 6.61 Å². The molecule has 0 radical (unpaired) electrons. The van der Waals surface area contributed by atoms with Crippen molar-refractivity contribution in [1.29, 1.82) is 0 Å². The Morgan fingerprint density at radius 1 is 0.955 bits per heavy atom. The lowest BCUT2D eigenvalue weighted by atomic mass is 10.2. The minimum Gasteiger partial charge on any atom is -0.484 e. The SMILES string of the molecule is Fc1ccc(-c2cnc(COc3ccc(F)c(F)c3)o2)cc1. The van der Waals surface area contributed by atoms with Gasteiger partial charge in [-0.3, -0.25) is 0 Å². The van der Waals surface area contributed by atoms with Crippen molar-refractivity contribution in [2.75, 3.05) is 0 Å². The molecule has 6 heteroatoms. The van der Waals surface area contributed by atoms with Crippen LogP contribution in [0.4, 0.5) is 13.2 Å². The van der Waals surface area contributed by atoms with Gasteiger partial charge < -0.3 is 9.15 Å². The summed E-state index contributed by atoms with van der Waals surface area (Å²) in [4.78, 5) is 4.02. The quantitative estimate of drug-likeness (QED) is 0.719. The minimum atomic E-state index is -0.989. The fraction of sp³-hybridized carbons (Fsp3) is 0.0625. The number of ether oxygens (including phenoxy) is 1. The van der Waals surface area contributed by atoms with Crippen molar-refractivity contribution in [2.24, 2.45) is 0 Å². The van der Waals surface area contributed by atoms with Crippen LogP contribution in [0.3, 0.4) is 0 Å².